The van der Waals surface area contributed by atoms with Crippen LogP contribution < -0.4 is 5.32 Å². The maximum Gasteiger partial charge on any atom is 0.336 e. The zero-order valence-electron chi connectivity index (χ0n) is 15.8. The van der Waals surface area contributed by atoms with Crippen LogP contribution in [0.15, 0.2) is 63.1 Å². The highest BCUT2D eigenvalue weighted by Gasteiger charge is 2.55. The van der Waals surface area contributed by atoms with Gasteiger partial charge in [-0.2, -0.15) is 0 Å². The average Bonchev–Trinajstić information content (AvgIpc) is 3.10. The number of ether oxygens (including phenoxy) is 1. The van der Waals surface area contributed by atoms with Gasteiger partial charge in [-0.3, -0.25) is 5.32 Å². The van der Waals surface area contributed by atoms with E-state index in [1.54, 1.807) is 30.3 Å². The number of esters is 1. The molecule has 1 fully saturated rings. The third kappa shape index (κ3) is 4.81. The molecule has 4 N–H and O–H groups in total. The maximum absolute atomic E-state index is 12.4. The molecule has 0 saturated carbocycles. The zero-order chi connectivity index (χ0) is 22.8. The Bertz CT molecular complexity index is 1050. The fourth-order valence-electron chi connectivity index (χ4n) is 3.30. The summed E-state index contributed by atoms with van der Waals surface area (Å²) in [7, 11) is 0. The Hall–Kier alpha value is -2.69. The van der Waals surface area contributed by atoms with Gasteiger partial charge < -0.3 is 20.1 Å². The number of carbonyl (C=O) groups excluding carboxylic acids is 1. The van der Waals surface area contributed by atoms with Gasteiger partial charge in [0.15, 0.2) is 0 Å². The molecule has 1 unspecified atom stereocenters. The first-order valence-corrected chi connectivity index (χ1v) is 10.6. The third-order valence-corrected chi connectivity index (χ3v) is 5.92. The van der Waals surface area contributed by atoms with Crippen molar-refractivity contribution in [3.05, 3.63) is 74.2 Å². The van der Waals surface area contributed by atoms with Crippen molar-refractivity contribution in [3.8, 4) is 5.75 Å². The van der Waals surface area contributed by atoms with Crippen LogP contribution in [0.4, 0.5) is 0 Å². The SMILES string of the molecule is O=C(/C=C1\CC(C(=O)O)(C(=O)O)NC1c1cc(Br)cc(Br)c1O)OCc1ccccc1. The molecule has 1 atom stereocenters. The van der Waals surface area contributed by atoms with Crippen LogP contribution in [-0.2, 0) is 25.7 Å². The van der Waals surface area contributed by atoms with Crippen LogP contribution in [0.2, 0.25) is 0 Å². The second kappa shape index (κ2) is 9.21. The Balaban J connectivity index is 1.98. The van der Waals surface area contributed by atoms with Gasteiger partial charge in [-0.15, -0.1) is 0 Å². The van der Waals surface area contributed by atoms with Crippen molar-refractivity contribution in [1.82, 2.24) is 5.32 Å². The monoisotopic (exact) mass is 553 g/mol. The molecule has 8 nitrogen and oxygen atoms in total. The molecule has 0 bridgehead atoms. The van der Waals surface area contributed by atoms with Crippen LogP contribution in [-0.4, -0.2) is 38.8 Å². The number of halogens is 2. The van der Waals surface area contributed by atoms with Crippen molar-refractivity contribution < 1.29 is 34.4 Å². The molecule has 0 aliphatic carbocycles. The first-order chi connectivity index (χ1) is 14.6. The molecule has 1 aliphatic rings. The highest BCUT2D eigenvalue weighted by atomic mass is 79.9. The quantitative estimate of drug-likeness (QED) is 0.242. The fourth-order valence-corrected chi connectivity index (χ4v) is 4.56. The molecule has 1 heterocycles. The number of aromatic hydroxyl groups is 1. The molecular formula is C21H17Br2NO7. The molecule has 0 radical (unpaired) electrons. The molecular weight excluding hydrogens is 538 g/mol. The largest absolute Gasteiger partial charge is 0.506 e. The normalized spacial score (nSPS) is 18.6. The number of carboxylic acids is 2. The summed E-state index contributed by atoms with van der Waals surface area (Å²) in [6.45, 7) is -0.00175. The summed E-state index contributed by atoms with van der Waals surface area (Å²) in [5.74, 6) is -4.19. The Morgan fingerprint density at radius 3 is 2.39 bits per heavy atom. The van der Waals surface area contributed by atoms with E-state index in [9.17, 15) is 29.7 Å². The Morgan fingerprint density at radius 1 is 1.13 bits per heavy atom. The summed E-state index contributed by atoms with van der Waals surface area (Å²) in [5.41, 5.74) is -1.25. The van der Waals surface area contributed by atoms with Gasteiger partial charge in [-0.25, -0.2) is 14.4 Å². The topological polar surface area (TPSA) is 133 Å². The van der Waals surface area contributed by atoms with E-state index in [1.807, 2.05) is 6.07 Å². The van der Waals surface area contributed by atoms with Crippen LogP contribution in [0.1, 0.15) is 23.6 Å². The lowest BCUT2D eigenvalue weighted by molar-refractivity contribution is -0.158. The number of carbonyl (C=O) groups is 3. The molecule has 1 aliphatic heterocycles. The van der Waals surface area contributed by atoms with Crippen molar-refractivity contribution in [2.24, 2.45) is 0 Å². The summed E-state index contributed by atoms with van der Waals surface area (Å²) in [4.78, 5) is 36.1. The molecule has 31 heavy (non-hydrogen) atoms. The Labute approximate surface area is 193 Å². The maximum atomic E-state index is 12.4. The zero-order valence-corrected chi connectivity index (χ0v) is 19.0. The number of rotatable bonds is 6. The molecule has 2 aromatic rings. The van der Waals surface area contributed by atoms with E-state index in [1.165, 1.54) is 6.07 Å². The number of hydrogen-bond acceptors (Lipinski definition) is 6. The molecule has 2 aromatic carbocycles. The molecule has 3 rings (SSSR count). The van der Waals surface area contributed by atoms with Gasteiger partial charge in [0, 0.05) is 22.5 Å². The van der Waals surface area contributed by atoms with Crippen molar-refractivity contribution in [2.75, 3.05) is 0 Å². The smallest absolute Gasteiger partial charge is 0.336 e. The first-order valence-electron chi connectivity index (χ1n) is 8.97. The number of phenolic OH excluding ortho intramolecular Hbond substituents is 1. The summed E-state index contributed by atoms with van der Waals surface area (Å²) in [6.07, 6.45) is 0.578. The van der Waals surface area contributed by atoms with E-state index in [-0.39, 0.29) is 23.5 Å². The molecule has 0 spiro atoms. The predicted molar refractivity (Wildman–Crippen MR) is 116 cm³/mol. The number of phenols is 1. The summed E-state index contributed by atoms with van der Waals surface area (Å²) >= 11 is 6.49. The first kappa shape index (κ1) is 23.0. The Kier molecular flexibility index (Phi) is 6.83. The van der Waals surface area contributed by atoms with Gasteiger partial charge in [0.05, 0.1) is 10.5 Å². The van der Waals surface area contributed by atoms with E-state index < -0.39 is 35.9 Å². The van der Waals surface area contributed by atoms with Crippen molar-refractivity contribution >= 4 is 49.8 Å². The van der Waals surface area contributed by atoms with Crippen LogP contribution in [0.25, 0.3) is 0 Å². The van der Waals surface area contributed by atoms with Gasteiger partial charge in [-0.05, 0) is 39.2 Å². The minimum Gasteiger partial charge on any atom is -0.506 e. The van der Waals surface area contributed by atoms with Crippen LogP contribution in [0, 0.1) is 0 Å². The third-order valence-electron chi connectivity index (χ3n) is 4.86. The molecule has 10 heteroatoms. The lowest BCUT2D eigenvalue weighted by Gasteiger charge is -2.21. The average molecular weight is 555 g/mol. The molecule has 162 valence electrons. The van der Waals surface area contributed by atoms with Crippen LogP contribution >= 0.6 is 31.9 Å². The van der Waals surface area contributed by atoms with Gasteiger partial charge in [0.25, 0.3) is 0 Å². The van der Waals surface area contributed by atoms with Crippen molar-refractivity contribution in [1.29, 1.82) is 0 Å². The molecule has 0 aromatic heterocycles. The second-order valence-corrected chi connectivity index (χ2v) is 8.68. The number of aliphatic carboxylic acids is 2. The standard InChI is InChI=1S/C21H17Br2NO7/c22-13-7-14(18(26)15(23)8-13)17-12(9-21(24-17,19(27)28)20(29)30)6-16(25)31-10-11-4-2-1-3-5-11/h1-8,17,24,26H,9-10H2,(H,27,28)(H,29,30)/b12-6+. The fraction of sp³-hybridized carbons (Fsp3) is 0.190. The highest BCUT2D eigenvalue weighted by molar-refractivity contribution is 9.11. The van der Waals surface area contributed by atoms with E-state index in [4.69, 9.17) is 4.74 Å². The minimum atomic E-state index is -2.36. The van der Waals surface area contributed by atoms with Gasteiger partial charge in [0.1, 0.15) is 12.4 Å². The lowest BCUT2D eigenvalue weighted by atomic mass is 9.93. The summed E-state index contributed by atoms with van der Waals surface area (Å²) < 4.78 is 6.09. The number of nitrogens with one attached hydrogen (secondary N) is 1. The van der Waals surface area contributed by atoms with Gasteiger partial charge in [0.2, 0.25) is 5.54 Å². The lowest BCUT2D eigenvalue weighted by Crippen LogP contribution is -2.54. The van der Waals surface area contributed by atoms with Crippen LogP contribution in [0.5, 0.6) is 5.75 Å². The van der Waals surface area contributed by atoms with Gasteiger partial charge >= 0.3 is 17.9 Å². The van der Waals surface area contributed by atoms with E-state index >= 15 is 0 Å². The van der Waals surface area contributed by atoms with Crippen molar-refractivity contribution in [2.45, 2.75) is 24.6 Å². The van der Waals surface area contributed by atoms with Crippen molar-refractivity contribution in [3.63, 3.8) is 0 Å². The second-order valence-electron chi connectivity index (χ2n) is 6.91. The molecule has 0 amide bonds. The summed E-state index contributed by atoms with van der Waals surface area (Å²) in [5, 5.41) is 32.3. The van der Waals surface area contributed by atoms with E-state index in [0.29, 0.717) is 8.95 Å². The highest BCUT2D eigenvalue weighted by Crippen LogP contribution is 2.44. The number of hydrogen-bond donors (Lipinski definition) is 4. The predicted octanol–water partition coefficient (Wildman–Crippen LogP) is 3.53. The van der Waals surface area contributed by atoms with Crippen LogP contribution in [0.3, 0.4) is 0 Å². The number of carboxylic acid groups (broad SMARTS) is 2. The van der Waals surface area contributed by atoms with E-state index in [2.05, 4.69) is 37.2 Å². The van der Waals surface area contributed by atoms with Gasteiger partial charge in [-0.1, -0.05) is 46.3 Å². The summed E-state index contributed by atoms with van der Waals surface area (Å²) in [6, 6.07) is 11.0. The Morgan fingerprint density at radius 2 is 1.77 bits per heavy atom. The number of benzene rings is 2. The minimum absolute atomic E-state index is 0.00175. The van der Waals surface area contributed by atoms with E-state index in [0.717, 1.165) is 11.6 Å². The molecule has 1 saturated heterocycles.